The lowest BCUT2D eigenvalue weighted by Crippen LogP contribution is -2.61. The van der Waals surface area contributed by atoms with Crippen LogP contribution in [0.25, 0.3) is 0 Å². The van der Waals surface area contributed by atoms with Gasteiger partial charge in [-0.1, -0.05) is 26.0 Å². The zero-order chi connectivity index (χ0) is 21.8. The van der Waals surface area contributed by atoms with Crippen LogP contribution in [-0.4, -0.2) is 62.0 Å². The van der Waals surface area contributed by atoms with Gasteiger partial charge < -0.3 is 9.64 Å². The lowest BCUT2D eigenvalue weighted by atomic mass is 9.56. The zero-order valence-electron chi connectivity index (χ0n) is 16.7. The molecule has 1 aliphatic rings. The predicted molar refractivity (Wildman–Crippen MR) is 104 cm³/mol. The summed E-state index contributed by atoms with van der Waals surface area (Å²) in [4.78, 5) is 26.9. The van der Waals surface area contributed by atoms with E-state index in [9.17, 15) is 9.59 Å². The van der Waals surface area contributed by atoms with Crippen molar-refractivity contribution in [2.24, 2.45) is 5.41 Å². The number of carbonyl (C=O) groups is 2. The summed E-state index contributed by atoms with van der Waals surface area (Å²) in [5.74, 6) is 0.296. The Kier molecular flexibility index (Phi) is 7.72. The highest BCUT2D eigenvalue weighted by atomic mass is 32.3. The van der Waals surface area contributed by atoms with Gasteiger partial charge in [0.25, 0.3) is 0 Å². The number of amides is 2. The molecule has 3 N–H and O–H groups in total. The molecule has 1 aliphatic heterocycles. The highest BCUT2D eigenvalue weighted by molar-refractivity contribution is 7.79. The van der Waals surface area contributed by atoms with Gasteiger partial charge in [-0.3, -0.25) is 24.0 Å². The molecule has 28 heavy (non-hydrogen) atoms. The number of hydrogen-bond donors (Lipinski definition) is 3. The Bertz CT molecular complexity index is 813. The van der Waals surface area contributed by atoms with E-state index in [1.807, 2.05) is 52.2 Å². The van der Waals surface area contributed by atoms with Crippen LogP contribution >= 0.6 is 0 Å². The minimum absolute atomic E-state index is 0.205. The van der Waals surface area contributed by atoms with Crippen LogP contribution in [0.4, 0.5) is 0 Å². The normalized spacial score (nSPS) is 21.6. The van der Waals surface area contributed by atoms with Crippen LogP contribution in [0.3, 0.4) is 0 Å². The molecule has 10 heteroatoms. The predicted octanol–water partition coefficient (Wildman–Crippen LogP) is 1.30. The summed E-state index contributed by atoms with van der Waals surface area (Å²) >= 11 is 0. The molecule has 0 bridgehead atoms. The largest absolute Gasteiger partial charge is 0.497 e. The average Bonchev–Trinajstić information content (AvgIpc) is 2.51. The number of carbonyl (C=O) groups excluding carboxylic acids is 2. The Labute approximate surface area is 165 Å². The second kappa shape index (κ2) is 8.99. The molecule has 1 aromatic carbocycles. The first-order valence-corrected chi connectivity index (χ1v) is 9.96. The van der Waals surface area contributed by atoms with Gasteiger partial charge in [0.05, 0.1) is 12.5 Å². The van der Waals surface area contributed by atoms with Crippen LogP contribution in [0.5, 0.6) is 5.75 Å². The average molecular weight is 416 g/mol. The van der Waals surface area contributed by atoms with Crippen molar-refractivity contribution in [1.29, 1.82) is 0 Å². The van der Waals surface area contributed by atoms with Crippen molar-refractivity contribution in [2.75, 3.05) is 27.7 Å². The molecule has 2 rings (SSSR count). The fourth-order valence-electron chi connectivity index (χ4n) is 3.54. The van der Waals surface area contributed by atoms with Crippen molar-refractivity contribution >= 4 is 22.2 Å². The fourth-order valence-corrected chi connectivity index (χ4v) is 3.54. The molecule has 0 radical (unpaired) electrons. The summed E-state index contributed by atoms with van der Waals surface area (Å²) in [6, 6.07) is 7.62. The number of hydrogen-bond acceptors (Lipinski definition) is 6. The van der Waals surface area contributed by atoms with Crippen LogP contribution in [0.2, 0.25) is 0 Å². The maximum atomic E-state index is 13.0. The van der Waals surface area contributed by atoms with E-state index in [0.29, 0.717) is 18.6 Å². The highest BCUT2D eigenvalue weighted by Gasteiger charge is 2.56. The lowest BCUT2D eigenvalue weighted by molar-refractivity contribution is -0.145. The molecule has 2 amide bonds. The maximum absolute atomic E-state index is 13.0. The van der Waals surface area contributed by atoms with Crippen LogP contribution in [0, 0.1) is 5.41 Å². The van der Waals surface area contributed by atoms with Crippen LogP contribution in [0.1, 0.15) is 32.3 Å². The summed E-state index contributed by atoms with van der Waals surface area (Å²) in [6.07, 6.45) is 0.961. The van der Waals surface area contributed by atoms with Gasteiger partial charge in [0.1, 0.15) is 5.75 Å². The van der Waals surface area contributed by atoms with Crippen molar-refractivity contribution in [1.82, 2.24) is 10.2 Å². The van der Waals surface area contributed by atoms with Crippen LogP contribution < -0.4 is 10.1 Å². The summed E-state index contributed by atoms with van der Waals surface area (Å²) < 4.78 is 36.9. The van der Waals surface area contributed by atoms with E-state index in [1.165, 1.54) is 0 Å². The van der Waals surface area contributed by atoms with Gasteiger partial charge in [0.15, 0.2) is 0 Å². The molecule has 9 nitrogen and oxygen atoms in total. The number of methoxy groups -OCH3 is 1. The van der Waals surface area contributed by atoms with Gasteiger partial charge in [-0.25, -0.2) is 0 Å². The molecule has 1 aromatic rings. The molecule has 0 spiro atoms. The summed E-state index contributed by atoms with van der Waals surface area (Å²) in [5.41, 5.74) is -0.345. The highest BCUT2D eigenvalue weighted by Crippen LogP contribution is 2.49. The quantitative estimate of drug-likeness (QED) is 0.483. The van der Waals surface area contributed by atoms with E-state index in [2.05, 4.69) is 10.2 Å². The fraction of sp³-hybridized carbons (Fsp3) is 0.556. The van der Waals surface area contributed by atoms with Gasteiger partial charge in [-0.2, -0.15) is 8.42 Å². The molecule has 1 atom stereocenters. The van der Waals surface area contributed by atoms with E-state index in [-0.39, 0.29) is 11.8 Å². The molecule has 1 fully saturated rings. The Morgan fingerprint density at radius 2 is 1.79 bits per heavy atom. The standard InChI is InChI=1S/C18H26N2O3.H2O4S/c1-17(2)12-15(21)19-16(22)18(17,9-10-20(3)4)13-7-6-8-14(11-13)23-5;1-5(2,3)4/h6-8,11H,9-10,12H2,1-5H3,(H,19,21,22);(H2,1,2,3,4). The van der Waals surface area contributed by atoms with E-state index in [1.54, 1.807) is 7.11 Å². The lowest BCUT2D eigenvalue weighted by Gasteiger charge is -2.49. The molecule has 158 valence electrons. The topological polar surface area (TPSA) is 133 Å². The summed E-state index contributed by atoms with van der Waals surface area (Å²) in [7, 11) is 0.914. The first-order chi connectivity index (χ1) is 12.7. The molecular formula is C18H28N2O7S. The number of benzene rings is 1. The monoisotopic (exact) mass is 416 g/mol. The summed E-state index contributed by atoms with van der Waals surface area (Å²) in [5, 5.41) is 2.55. The van der Waals surface area contributed by atoms with Gasteiger partial charge in [-0.05, 0) is 50.2 Å². The number of rotatable bonds is 5. The molecule has 0 aromatic heterocycles. The van der Waals surface area contributed by atoms with Crippen molar-refractivity contribution in [3.8, 4) is 5.75 Å². The van der Waals surface area contributed by atoms with E-state index < -0.39 is 21.2 Å². The Morgan fingerprint density at radius 1 is 1.21 bits per heavy atom. The number of piperidine rings is 1. The van der Waals surface area contributed by atoms with Crippen molar-refractivity contribution in [2.45, 2.75) is 32.1 Å². The third-order valence-electron chi connectivity index (χ3n) is 4.89. The molecule has 0 saturated carbocycles. The van der Waals surface area contributed by atoms with Crippen LogP contribution in [0.15, 0.2) is 24.3 Å². The van der Waals surface area contributed by atoms with Crippen LogP contribution in [-0.2, 0) is 25.4 Å². The Hall–Kier alpha value is -2.01. The van der Waals surface area contributed by atoms with Gasteiger partial charge in [0, 0.05) is 6.42 Å². The smallest absolute Gasteiger partial charge is 0.394 e. The Balaban J connectivity index is 0.000000696. The third kappa shape index (κ3) is 5.99. The van der Waals surface area contributed by atoms with Crippen molar-refractivity contribution in [3.63, 3.8) is 0 Å². The molecule has 1 unspecified atom stereocenters. The minimum atomic E-state index is -4.67. The first kappa shape index (κ1) is 24.0. The van der Waals surface area contributed by atoms with Crippen molar-refractivity contribution in [3.05, 3.63) is 29.8 Å². The second-order valence-corrected chi connectivity index (χ2v) is 8.47. The molecule has 1 heterocycles. The summed E-state index contributed by atoms with van der Waals surface area (Å²) in [6.45, 7) is 4.75. The Morgan fingerprint density at radius 3 is 2.25 bits per heavy atom. The van der Waals surface area contributed by atoms with Gasteiger partial charge in [0.2, 0.25) is 11.8 Å². The number of nitrogens with zero attached hydrogens (tertiary/aromatic N) is 1. The molecule has 0 aliphatic carbocycles. The van der Waals surface area contributed by atoms with E-state index in [0.717, 1.165) is 12.1 Å². The molecule has 1 saturated heterocycles. The number of ether oxygens (including phenoxy) is 1. The number of nitrogens with one attached hydrogen (secondary N) is 1. The number of imide groups is 1. The second-order valence-electron chi connectivity index (χ2n) is 7.58. The van der Waals surface area contributed by atoms with E-state index >= 15 is 0 Å². The molecular weight excluding hydrogens is 388 g/mol. The minimum Gasteiger partial charge on any atom is -0.497 e. The first-order valence-electron chi connectivity index (χ1n) is 8.56. The van der Waals surface area contributed by atoms with E-state index in [4.69, 9.17) is 22.3 Å². The third-order valence-corrected chi connectivity index (χ3v) is 4.89. The van der Waals surface area contributed by atoms with Gasteiger partial charge in [-0.15, -0.1) is 0 Å². The zero-order valence-corrected chi connectivity index (χ0v) is 17.5. The van der Waals surface area contributed by atoms with Gasteiger partial charge >= 0.3 is 10.4 Å². The maximum Gasteiger partial charge on any atom is 0.394 e. The SMILES string of the molecule is COc1cccc(C2(CCN(C)C)C(=O)NC(=O)CC2(C)C)c1.O=S(=O)(O)O. The van der Waals surface area contributed by atoms with Crippen molar-refractivity contribution < 1.29 is 31.8 Å².